The highest BCUT2D eigenvalue weighted by Crippen LogP contribution is 2.14. The van der Waals surface area contributed by atoms with Crippen molar-refractivity contribution in [1.82, 2.24) is 14.7 Å². The van der Waals surface area contributed by atoms with Crippen LogP contribution in [0, 0.1) is 0 Å². The molecule has 1 aromatic carbocycles. The Morgan fingerprint density at radius 2 is 2.29 bits per heavy atom. The monoisotopic (exact) mass is 345 g/mol. The maximum atomic E-state index is 12.1. The zero-order chi connectivity index (χ0) is 16.8. The predicted octanol–water partition coefficient (Wildman–Crippen LogP) is 2.28. The lowest BCUT2D eigenvalue weighted by molar-refractivity contribution is -0.120. The van der Waals surface area contributed by atoms with Crippen LogP contribution >= 0.6 is 11.3 Å². The minimum Gasteiger partial charge on any atom is -0.491 e. The molecule has 0 aliphatic heterocycles. The molecule has 0 saturated heterocycles. The van der Waals surface area contributed by atoms with Gasteiger partial charge in [-0.1, -0.05) is 12.1 Å². The van der Waals surface area contributed by atoms with E-state index in [-0.39, 0.29) is 12.3 Å². The lowest BCUT2D eigenvalue weighted by atomic mass is 10.2. The number of fused-ring (bicyclic) bond motifs is 1. The van der Waals surface area contributed by atoms with Crippen molar-refractivity contribution in [2.45, 2.75) is 13.0 Å². The third-order valence-electron chi connectivity index (χ3n) is 3.43. The van der Waals surface area contributed by atoms with E-state index in [1.807, 2.05) is 46.4 Å². The summed E-state index contributed by atoms with van der Waals surface area (Å²) in [6.07, 6.45) is 4.09. The first kappa shape index (κ1) is 16.5. The van der Waals surface area contributed by atoms with Crippen LogP contribution in [0.15, 0.2) is 42.0 Å². The summed E-state index contributed by atoms with van der Waals surface area (Å²) in [5, 5.41) is 4.88. The van der Waals surface area contributed by atoms with Gasteiger partial charge in [-0.2, -0.15) is 0 Å². The number of ether oxygens (including phenoxy) is 2. The third kappa shape index (κ3) is 4.33. The molecular weight excluding hydrogens is 326 g/mol. The first-order valence-electron chi connectivity index (χ1n) is 7.63. The molecule has 0 bridgehead atoms. The molecule has 0 aliphatic rings. The minimum absolute atomic E-state index is 0.0496. The number of hydrogen-bond donors (Lipinski definition) is 1. The summed E-state index contributed by atoms with van der Waals surface area (Å²) < 4.78 is 12.4. The molecule has 2 heterocycles. The number of rotatable bonds is 8. The molecule has 0 unspecified atom stereocenters. The van der Waals surface area contributed by atoms with Crippen LogP contribution < -0.4 is 10.1 Å². The Balaban J connectivity index is 1.50. The summed E-state index contributed by atoms with van der Waals surface area (Å²) in [4.78, 5) is 17.4. The highest BCUT2D eigenvalue weighted by Gasteiger charge is 2.08. The van der Waals surface area contributed by atoms with Gasteiger partial charge in [-0.05, 0) is 17.7 Å². The quantitative estimate of drug-likeness (QED) is 0.636. The van der Waals surface area contributed by atoms with E-state index in [9.17, 15) is 4.79 Å². The largest absolute Gasteiger partial charge is 0.491 e. The van der Waals surface area contributed by atoms with Gasteiger partial charge in [0.15, 0.2) is 4.96 Å². The number of benzene rings is 1. The number of nitrogens with one attached hydrogen (secondary N) is 1. The van der Waals surface area contributed by atoms with Gasteiger partial charge in [-0.25, -0.2) is 4.98 Å². The standard InChI is InChI=1S/C17H19N3O3S/c1-22-6-7-23-15-4-2-3-13(9-15)11-18-16(21)10-14-12-20-5-8-24-17(20)19-14/h2-5,8-9,12H,6-7,10-11H2,1H3,(H,18,21). The molecule has 1 N–H and O–H groups in total. The number of imidazole rings is 1. The summed E-state index contributed by atoms with van der Waals surface area (Å²) in [5.41, 5.74) is 1.76. The molecule has 0 atom stereocenters. The average Bonchev–Trinajstić information content (AvgIpc) is 3.15. The van der Waals surface area contributed by atoms with Crippen molar-refractivity contribution in [3.05, 3.63) is 53.3 Å². The van der Waals surface area contributed by atoms with Crippen molar-refractivity contribution >= 4 is 22.2 Å². The smallest absolute Gasteiger partial charge is 0.226 e. The molecule has 2 aromatic heterocycles. The summed E-state index contributed by atoms with van der Waals surface area (Å²) in [5.74, 6) is 0.722. The first-order valence-corrected chi connectivity index (χ1v) is 8.51. The van der Waals surface area contributed by atoms with Gasteiger partial charge in [0.1, 0.15) is 12.4 Å². The van der Waals surface area contributed by atoms with E-state index in [1.54, 1.807) is 18.4 Å². The van der Waals surface area contributed by atoms with Gasteiger partial charge in [0.2, 0.25) is 5.91 Å². The van der Waals surface area contributed by atoms with Crippen LogP contribution in [0.4, 0.5) is 0 Å². The van der Waals surface area contributed by atoms with E-state index >= 15 is 0 Å². The fraction of sp³-hybridized carbons (Fsp3) is 0.294. The summed E-state index contributed by atoms with van der Waals surface area (Å²) >= 11 is 1.55. The lowest BCUT2D eigenvalue weighted by Gasteiger charge is -2.08. The van der Waals surface area contributed by atoms with Crippen molar-refractivity contribution in [3.8, 4) is 5.75 Å². The molecule has 3 rings (SSSR count). The van der Waals surface area contributed by atoms with Crippen LogP contribution in [-0.4, -0.2) is 35.6 Å². The van der Waals surface area contributed by atoms with E-state index in [2.05, 4.69) is 10.3 Å². The van der Waals surface area contributed by atoms with Crippen molar-refractivity contribution in [1.29, 1.82) is 0 Å². The van der Waals surface area contributed by atoms with E-state index in [0.29, 0.717) is 19.8 Å². The third-order valence-corrected chi connectivity index (χ3v) is 4.20. The van der Waals surface area contributed by atoms with Gasteiger partial charge in [-0.3, -0.25) is 9.20 Å². The van der Waals surface area contributed by atoms with Gasteiger partial charge < -0.3 is 14.8 Å². The van der Waals surface area contributed by atoms with Crippen molar-refractivity contribution < 1.29 is 14.3 Å². The zero-order valence-electron chi connectivity index (χ0n) is 13.4. The molecule has 0 saturated carbocycles. The first-order chi connectivity index (χ1) is 11.7. The molecule has 0 fully saturated rings. The molecule has 3 aromatic rings. The van der Waals surface area contributed by atoms with Crippen molar-refractivity contribution in [2.24, 2.45) is 0 Å². The lowest BCUT2D eigenvalue weighted by Crippen LogP contribution is -2.24. The molecule has 0 aliphatic carbocycles. The normalized spacial score (nSPS) is 10.9. The number of nitrogens with zero attached hydrogens (tertiary/aromatic N) is 2. The van der Waals surface area contributed by atoms with Crippen molar-refractivity contribution in [2.75, 3.05) is 20.3 Å². The summed E-state index contributed by atoms with van der Waals surface area (Å²) in [6.45, 7) is 1.51. The molecule has 0 radical (unpaired) electrons. The predicted molar refractivity (Wildman–Crippen MR) is 92.4 cm³/mol. The van der Waals surface area contributed by atoms with E-state index < -0.39 is 0 Å². The number of amides is 1. The van der Waals surface area contributed by atoms with Gasteiger partial charge in [0.25, 0.3) is 0 Å². The number of carbonyl (C=O) groups excluding carboxylic acids is 1. The fourth-order valence-electron chi connectivity index (χ4n) is 2.28. The Morgan fingerprint density at radius 1 is 1.38 bits per heavy atom. The topological polar surface area (TPSA) is 64.9 Å². The maximum Gasteiger partial charge on any atom is 0.226 e. The Hall–Kier alpha value is -2.38. The second kappa shape index (κ2) is 7.94. The second-order valence-corrected chi connectivity index (χ2v) is 6.14. The summed E-state index contributed by atoms with van der Waals surface area (Å²) in [7, 11) is 1.64. The van der Waals surface area contributed by atoms with Crippen LogP contribution in [0.5, 0.6) is 5.75 Å². The molecule has 7 heteroatoms. The maximum absolute atomic E-state index is 12.1. The van der Waals surface area contributed by atoms with Gasteiger partial charge in [0.05, 0.1) is 18.7 Å². The average molecular weight is 345 g/mol. The molecule has 24 heavy (non-hydrogen) atoms. The van der Waals surface area contributed by atoms with Crippen LogP contribution in [0.25, 0.3) is 4.96 Å². The Morgan fingerprint density at radius 3 is 3.12 bits per heavy atom. The number of hydrogen-bond acceptors (Lipinski definition) is 5. The van der Waals surface area contributed by atoms with Crippen molar-refractivity contribution in [3.63, 3.8) is 0 Å². The Bertz CT molecular complexity index is 784. The highest BCUT2D eigenvalue weighted by atomic mass is 32.1. The van der Waals surface area contributed by atoms with Gasteiger partial charge in [0, 0.05) is 31.4 Å². The van der Waals surface area contributed by atoms with E-state index in [1.165, 1.54) is 0 Å². The molecule has 126 valence electrons. The van der Waals surface area contributed by atoms with E-state index in [0.717, 1.165) is 22.0 Å². The second-order valence-electron chi connectivity index (χ2n) is 5.27. The molecule has 0 spiro atoms. The molecule has 6 nitrogen and oxygen atoms in total. The Kier molecular flexibility index (Phi) is 5.45. The van der Waals surface area contributed by atoms with Crippen LogP contribution in [0.2, 0.25) is 0 Å². The van der Waals surface area contributed by atoms with Crippen LogP contribution in [0.1, 0.15) is 11.3 Å². The van der Waals surface area contributed by atoms with Gasteiger partial charge in [-0.15, -0.1) is 11.3 Å². The number of aromatic nitrogens is 2. The summed E-state index contributed by atoms with van der Waals surface area (Å²) in [6, 6.07) is 7.67. The Labute approximate surface area is 144 Å². The minimum atomic E-state index is -0.0496. The van der Waals surface area contributed by atoms with E-state index in [4.69, 9.17) is 9.47 Å². The molecular formula is C17H19N3O3S. The number of carbonyl (C=O) groups is 1. The zero-order valence-corrected chi connectivity index (χ0v) is 14.2. The van der Waals surface area contributed by atoms with Crippen LogP contribution in [-0.2, 0) is 22.5 Å². The number of thiazole rings is 1. The number of methoxy groups -OCH3 is 1. The fourth-order valence-corrected chi connectivity index (χ4v) is 3.00. The van der Waals surface area contributed by atoms with Gasteiger partial charge >= 0.3 is 0 Å². The SMILES string of the molecule is COCCOc1cccc(CNC(=O)Cc2cn3ccsc3n2)c1. The van der Waals surface area contributed by atoms with Crippen LogP contribution in [0.3, 0.4) is 0 Å². The molecule has 1 amide bonds. The highest BCUT2D eigenvalue weighted by molar-refractivity contribution is 7.15.